The summed E-state index contributed by atoms with van der Waals surface area (Å²) in [5.41, 5.74) is 1.24. The van der Waals surface area contributed by atoms with Gasteiger partial charge in [-0.05, 0) is 53.6 Å². The van der Waals surface area contributed by atoms with Gasteiger partial charge in [0.05, 0.1) is 36.3 Å². The van der Waals surface area contributed by atoms with E-state index in [2.05, 4.69) is 40.7 Å². The van der Waals surface area contributed by atoms with E-state index < -0.39 is 16.1 Å². The highest BCUT2D eigenvalue weighted by atomic mass is 79.9. The number of benzene rings is 2. The van der Waals surface area contributed by atoms with Gasteiger partial charge in [-0.15, -0.1) is 0 Å². The summed E-state index contributed by atoms with van der Waals surface area (Å²) >= 11 is 3.36. The highest BCUT2D eigenvalue weighted by molar-refractivity contribution is 9.10. The van der Waals surface area contributed by atoms with Gasteiger partial charge in [0.15, 0.2) is 11.5 Å². The van der Waals surface area contributed by atoms with Crippen molar-refractivity contribution < 1.29 is 19.1 Å². The maximum atomic E-state index is 11.4. The maximum absolute atomic E-state index is 11.4. The number of fused-ring (bicyclic) bond motifs is 2. The SMILES string of the molecule is COc1cc([N+](=O)[O-])c(Br)c2c1OC1(C=C2)N(C)c2c(OC)cccc2C1(C)C. The van der Waals surface area contributed by atoms with Crippen LogP contribution in [0.3, 0.4) is 0 Å². The molecular formula is C21H21BrN2O5. The van der Waals surface area contributed by atoms with Crippen LogP contribution >= 0.6 is 15.9 Å². The summed E-state index contributed by atoms with van der Waals surface area (Å²) in [6.07, 6.45) is 3.80. The van der Waals surface area contributed by atoms with Gasteiger partial charge < -0.3 is 19.1 Å². The predicted octanol–water partition coefficient (Wildman–Crippen LogP) is 4.90. The second kappa shape index (κ2) is 6.38. The van der Waals surface area contributed by atoms with Crippen molar-refractivity contribution in [1.29, 1.82) is 0 Å². The fourth-order valence-corrected chi connectivity index (χ4v) is 4.95. The first-order chi connectivity index (χ1) is 13.7. The molecule has 152 valence electrons. The molecule has 0 N–H and O–H groups in total. The van der Waals surface area contributed by atoms with Gasteiger partial charge in [-0.2, -0.15) is 0 Å². The lowest BCUT2D eigenvalue weighted by Crippen LogP contribution is -2.58. The quantitative estimate of drug-likeness (QED) is 0.478. The highest BCUT2D eigenvalue weighted by Crippen LogP contribution is 2.58. The summed E-state index contributed by atoms with van der Waals surface area (Å²) < 4.78 is 18.1. The first-order valence-electron chi connectivity index (χ1n) is 9.04. The third-order valence-electron chi connectivity index (χ3n) is 5.97. The fraction of sp³-hybridized carbons (Fsp3) is 0.333. The average molecular weight is 461 g/mol. The van der Waals surface area contributed by atoms with Crippen molar-refractivity contribution in [3.63, 3.8) is 0 Å². The molecule has 1 unspecified atom stereocenters. The van der Waals surface area contributed by atoms with Gasteiger partial charge >= 0.3 is 0 Å². The number of hydrogen-bond acceptors (Lipinski definition) is 6. The number of halogens is 1. The Morgan fingerprint density at radius 3 is 2.52 bits per heavy atom. The number of ether oxygens (including phenoxy) is 3. The summed E-state index contributed by atoms with van der Waals surface area (Å²) in [6.45, 7) is 4.22. The number of hydrogen-bond donors (Lipinski definition) is 0. The topological polar surface area (TPSA) is 74.1 Å². The van der Waals surface area contributed by atoms with E-state index in [4.69, 9.17) is 14.2 Å². The lowest BCUT2D eigenvalue weighted by atomic mass is 9.76. The third-order valence-corrected chi connectivity index (χ3v) is 6.80. The third kappa shape index (κ3) is 2.41. The van der Waals surface area contributed by atoms with Gasteiger partial charge in [0.1, 0.15) is 10.2 Å². The zero-order valence-electron chi connectivity index (χ0n) is 16.8. The number of para-hydroxylation sites is 1. The molecule has 2 aliphatic rings. The lowest BCUT2D eigenvalue weighted by molar-refractivity contribution is -0.385. The van der Waals surface area contributed by atoms with Gasteiger partial charge in [-0.25, -0.2) is 0 Å². The van der Waals surface area contributed by atoms with Gasteiger partial charge in [0.25, 0.3) is 5.69 Å². The van der Waals surface area contributed by atoms with Gasteiger partial charge in [0, 0.05) is 12.6 Å². The Morgan fingerprint density at radius 2 is 1.90 bits per heavy atom. The molecule has 7 nitrogen and oxygen atoms in total. The number of rotatable bonds is 3. The first kappa shape index (κ1) is 19.6. The van der Waals surface area contributed by atoms with E-state index in [9.17, 15) is 10.1 Å². The smallest absolute Gasteiger partial charge is 0.288 e. The molecule has 8 heteroatoms. The second-order valence-electron chi connectivity index (χ2n) is 7.58. The fourth-order valence-electron chi connectivity index (χ4n) is 4.38. The summed E-state index contributed by atoms with van der Waals surface area (Å²) in [4.78, 5) is 13.0. The van der Waals surface area contributed by atoms with Gasteiger partial charge in [-0.3, -0.25) is 10.1 Å². The minimum atomic E-state index is -0.861. The van der Waals surface area contributed by atoms with Crippen LogP contribution in [0.15, 0.2) is 34.8 Å². The molecule has 0 aromatic heterocycles. The average Bonchev–Trinajstić information content (AvgIpc) is 2.86. The molecule has 2 aliphatic heterocycles. The zero-order valence-corrected chi connectivity index (χ0v) is 18.4. The monoisotopic (exact) mass is 460 g/mol. The van der Waals surface area contributed by atoms with Gasteiger partial charge in [-0.1, -0.05) is 12.1 Å². The minimum absolute atomic E-state index is 0.0752. The standard InChI is InChI=1S/C21H21BrN2O5/c1-20(2)13-7-6-8-15(27-4)18(13)23(3)21(20)10-9-12-17(22)14(24(25)26)11-16(28-5)19(12)29-21/h6-11H,1-5H3. The number of nitrogens with zero attached hydrogens (tertiary/aromatic N) is 2. The molecule has 1 spiro atoms. The summed E-state index contributed by atoms with van der Waals surface area (Å²) in [5.74, 6) is 1.53. The van der Waals surface area contributed by atoms with Crippen molar-refractivity contribution in [2.75, 3.05) is 26.2 Å². The molecule has 29 heavy (non-hydrogen) atoms. The second-order valence-corrected chi connectivity index (χ2v) is 8.38. The molecule has 0 saturated heterocycles. The van der Waals surface area contributed by atoms with Crippen LogP contribution in [-0.4, -0.2) is 31.9 Å². The molecular weight excluding hydrogens is 440 g/mol. The maximum Gasteiger partial charge on any atom is 0.288 e. The van der Waals surface area contributed by atoms with Crippen LogP contribution < -0.4 is 19.1 Å². The molecule has 4 rings (SSSR count). The van der Waals surface area contributed by atoms with Crippen molar-refractivity contribution in [2.24, 2.45) is 0 Å². The molecule has 2 aromatic carbocycles. The van der Waals surface area contributed by atoms with Crippen molar-refractivity contribution in [3.05, 3.63) is 56.1 Å². The Kier molecular flexibility index (Phi) is 4.31. The highest BCUT2D eigenvalue weighted by Gasteiger charge is 2.59. The Morgan fingerprint density at radius 1 is 1.21 bits per heavy atom. The molecule has 1 atom stereocenters. The van der Waals surface area contributed by atoms with E-state index in [0.29, 0.717) is 21.5 Å². The lowest BCUT2D eigenvalue weighted by Gasteiger charge is -2.46. The van der Waals surface area contributed by atoms with Crippen LogP contribution in [0, 0.1) is 10.1 Å². The van der Waals surface area contributed by atoms with Crippen LogP contribution in [0.2, 0.25) is 0 Å². The van der Waals surface area contributed by atoms with Crippen molar-refractivity contribution in [3.8, 4) is 17.2 Å². The van der Waals surface area contributed by atoms with E-state index in [0.717, 1.165) is 17.0 Å². The van der Waals surface area contributed by atoms with Crippen LogP contribution in [0.25, 0.3) is 6.08 Å². The van der Waals surface area contributed by atoms with E-state index >= 15 is 0 Å². The van der Waals surface area contributed by atoms with E-state index in [1.807, 2.05) is 31.3 Å². The van der Waals surface area contributed by atoms with Crippen LogP contribution in [0.4, 0.5) is 11.4 Å². The molecule has 2 heterocycles. The molecule has 0 fully saturated rings. The predicted molar refractivity (Wildman–Crippen MR) is 114 cm³/mol. The van der Waals surface area contributed by atoms with Crippen molar-refractivity contribution in [1.82, 2.24) is 0 Å². The Labute approximate surface area is 177 Å². The number of likely N-dealkylation sites (N-methyl/N-ethyl adjacent to an activating group) is 1. The summed E-state index contributed by atoms with van der Waals surface area (Å²) in [7, 11) is 5.08. The molecule has 0 saturated carbocycles. The van der Waals surface area contributed by atoms with Crippen molar-refractivity contribution >= 4 is 33.4 Å². The van der Waals surface area contributed by atoms with Crippen LogP contribution in [0.5, 0.6) is 17.2 Å². The first-order valence-corrected chi connectivity index (χ1v) is 9.83. The van der Waals surface area contributed by atoms with E-state index in [1.54, 1.807) is 7.11 Å². The van der Waals surface area contributed by atoms with Crippen LogP contribution in [0.1, 0.15) is 25.0 Å². The Bertz CT molecular complexity index is 1070. The minimum Gasteiger partial charge on any atom is -0.495 e. The molecule has 0 aliphatic carbocycles. The molecule has 0 bridgehead atoms. The van der Waals surface area contributed by atoms with Gasteiger partial charge in [0.2, 0.25) is 5.72 Å². The zero-order chi connectivity index (χ0) is 21.1. The molecule has 0 amide bonds. The van der Waals surface area contributed by atoms with E-state index in [1.165, 1.54) is 13.2 Å². The molecule has 0 radical (unpaired) electrons. The normalized spacial score (nSPS) is 20.8. The Hall–Kier alpha value is -2.74. The summed E-state index contributed by atoms with van der Waals surface area (Å²) in [5, 5.41) is 11.4. The van der Waals surface area contributed by atoms with Crippen LogP contribution in [-0.2, 0) is 5.41 Å². The number of nitro groups is 1. The molecule has 2 aromatic rings. The Balaban J connectivity index is 1.94. The number of methoxy groups -OCH3 is 2. The summed E-state index contributed by atoms with van der Waals surface area (Å²) in [6, 6.07) is 7.34. The van der Waals surface area contributed by atoms with Crippen molar-refractivity contribution in [2.45, 2.75) is 25.0 Å². The number of nitro benzene ring substituents is 1. The number of anilines is 1. The largest absolute Gasteiger partial charge is 0.495 e. The van der Waals surface area contributed by atoms with E-state index in [-0.39, 0.29) is 5.69 Å².